The Balaban J connectivity index is 1.25. The third-order valence-corrected chi connectivity index (χ3v) is 7.14. The highest BCUT2D eigenvalue weighted by atomic mass is 35.5. The standard InChI is InChI=1S/C24H25ClN4O3S/c25-19-7-3-2-6-17(19)15-26-22(31)16-8-10-18(11-9-16)27-21(30)14-20-23(32)28-24(33-20)29-12-4-1-5-13-29/h2-3,6-11,20H,1,4-5,12-15H2,(H,26,31)(H,27,30). The number of carbonyl (C=O) groups excluding carboxylic acids is 3. The van der Waals surface area contributed by atoms with Crippen molar-refractivity contribution in [1.82, 2.24) is 10.2 Å². The van der Waals surface area contributed by atoms with Gasteiger partial charge in [0.1, 0.15) is 5.25 Å². The number of halogens is 1. The number of anilines is 1. The predicted octanol–water partition coefficient (Wildman–Crippen LogP) is 4.08. The number of carbonyl (C=O) groups is 3. The van der Waals surface area contributed by atoms with E-state index in [0.29, 0.717) is 22.8 Å². The number of rotatable bonds is 6. The molecule has 1 unspecified atom stereocenters. The first-order chi connectivity index (χ1) is 16.0. The van der Waals surface area contributed by atoms with E-state index >= 15 is 0 Å². The number of amides is 3. The molecule has 3 amide bonds. The van der Waals surface area contributed by atoms with Crippen LogP contribution in [0.4, 0.5) is 5.69 Å². The van der Waals surface area contributed by atoms with Crippen LogP contribution in [0.15, 0.2) is 53.5 Å². The SMILES string of the molecule is O=C(CC1SC(N2CCCCC2)=NC1=O)Nc1ccc(C(=O)NCc2ccccc2Cl)cc1. The van der Waals surface area contributed by atoms with Crippen molar-refractivity contribution in [2.24, 2.45) is 4.99 Å². The summed E-state index contributed by atoms with van der Waals surface area (Å²) in [7, 11) is 0. The van der Waals surface area contributed by atoms with Crippen LogP contribution in [0.1, 0.15) is 41.6 Å². The van der Waals surface area contributed by atoms with Crippen molar-refractivity contribution in [3.8, 4) is 0 Å². The molecule has 4 rings (SSSR count). The molecule has 2 N–H and O–H groups in total. The van der Waals surface area contributed by atoms with E-state index in [1.165, 1.54) is 18.2 Å². The number of likely N-dealkylation sites (tertiary alicyclic amines) is 1. The van der Waals surface area contributed by atoms with Crippen LogP contribution in [-0.4, -0.2) is 46.1 Å². The van der Waals surface area contributed by atoms with Gasteiger partial charge in [0.2, 0.25) is 5.91 Å². The Morgan fingerprint density at radius 1 is 1.06 bits per heavy atom. The first-order valence-corrected chi connectivity index (χ1v) is 12.2. The number of thioether (sulfide) groups is 1. The fraction of sp³-hybridized carbons (Fsp3) is 0.333. The summed E-state index contributed by atoms with van der Waals surface area (Å²) in [5.41, 5.74) is 1.87. The maximum absolute atomic E-state index is 12.5. The van der Waals surface area contributed by atoms with Crippen LogP contribution in [0.25, 0.3) is 0 Å². The van der Waals surface area contributed by atoms with Gasteiger partial charge >= 0.3 is 0 Å². The molecule has 0 aliphatic carbocycles. The van der Waals surface area contributed by atoms with E-state index in [1.807, 2.05) is 18.2 Å². The molecule has 2 heterocycles. The van der Waals surface area contributed by atoms with Gasteiger partial charge in [-0.15, -0.1) is 0 Å². The van der Waals surface area contributed by atoms with Gasteiger partial charge in [-0.3, -0.25) is 14.4 Å². The lowest BCUT2D eigenvalue weighted by Crippen LogP contribution is -2.33. The molecule has 33 heavy (non-hydrogen) atoms. The zero-order chi connectivity index (χ0) is 23.2. The van der Waals surface area contributed by atoms with E-state index in [2.05, 4.69) is 20.5 Å². The Bertz CT molecular complexity index is 1070. The summed E-state index contributed by atoms with van der Waals surface area (Å²) in [5, 5.41) is 6.48. The van der Waals surface area contributed by atoms with Crippen LogP contribution in [0.5, 0.6) is 0 Å². The molecule has 172 valence electrons. The molecule has 1 atom stereocenters. The lowest BCUT2D eigenvalue weighted by molar-refractivity contribution is -0.121. The summed E-state index contributed by atoms with van der Waals surface area (Å²) in [6, 6.07) is 14.0. The number of hydrogen-bond donors (Lipinski definition) is 2. The highest BCUT2D eigenvalue weighted by Crippen LogP contribution is 2.29. The van der Waals surface area contributed by atoms with Crippen LogP contribution in [0, 0.1) is 0 Å². The molecule has 2 aromatic carbocycles. The minimum absolute atomic E-state index is 0.0599. The van der Waals surface area contributed by atoms with E-state index in [-0.39, 0.29) is 24.1 Å². The predicted molar refractivity (Wildman–Crippen MR) is 132 cm³/mol. The first kappa shape index (κ1) is 23.3. The highest BCUT2D eigenvalue weighted by Gasteiger charge is 2.33. The smallest absolute Gasteiger partial charge is 0.262 e. The normalized spacial score (nSPS) is 18.1. The third kappa shape index (κ3) is 6.15. The third-order valence-electron chi connectivity index (χ3n) is 5.55. The van der Waals surface area contributed by atoms with Gasteiger partial charge in [0.15, 0.2) is 5.17 Å². The van der Waals surface area contributed by atoms with Crippen molar-refractivity contribution in [3.63, 3.8) is 0 Å². The molecule has 9 heteroatoms. The lowest BCUT2D eigenvalue weighted by atomic mass is 10.1. The second kappa shape index (κ2) is 10.9. The summed E-state index contributed by atoms with van der Waals surface area (Å²) >= 11 is 7.49. The van der Waals surface area contributed by atoms with E-state index < -0.39 is 5.25 Å². The molecule has 0 saturated carbocycles. The molecule has 0 spiro atoms. The lowest BCUT2D eigenvalue weighted by Gasteiger charge is -2.27. The van der Waals surface area contributed by atoms with Crippen molar-refractivity contribution in [3.05, 3.63) is 64.7 Å². The van der Waals surface area contributed by atoms with E-state index in [1.54, 1.807) is 30.3 Å². The average Bonchev–Trinajstić information content (AvgIpc) is 3.19. The highest BCUT2D eigenvalue weighted by molar-refractivity contribution is 8.15. The van der Waals surface area contributed by atoms with Crippen molar-refractivity contribution < 1.29 is 14.4 Å². The molecular formula is C24H25ClN4O3S. The van der Waals surface area contributed by atoms with Crippen LogP contribution < -0.4 is 10.6 Å². The number of nitrogens with one attached hydrogen (secondary N) is 2. The van der Waals surface area contributed by atoms with Crippen molar-refractivity contribution in [2.45, 2.75) is 37.5 Å². The average molecular weight is 485 g/mol. The van der Waals surface area contributed by atoms with Crippen LogP contribution in [0.2, 0.25) is 5.02 Å². The van der Waals surface area contributed by atoms with Gasteiger partial charge in [0, 0.05) is 42.3 Å². The summed E-state index contributed by atoms with van der Waals surface area (Å²) in [4.78, 5) is 43.4. The van der Waals surface area contributed by atoms with Gasteiger partial charge < -0.3 is 15.5 Å². The van der Waals surface area contributed by atoms with E-state index in [4.69, 9.17) is 11.6 Å². The topological polar surface area (TPSA) is 90.9 Å². The monoisotopic (exact) mass is 484 g/mol. The summed E-state index contributed by atoms with van der Waals surface area (Å²) in [5.74, 6) is -0.740. The fourth-order valence-corrected chi connectivity index (χ4v) is 5.05. The van der Waals surface area contributed by atoms with Gasteiger partial charge in [0.25, 0.3) is 11.8 Å². The van der Waals surface area contributed by atoms with Crippen molar-refractivity contribution in [1.29, 1.82) is 0 Å². The minimum Gasteiger partial charge on any atom is -0.351 e. The number of aliphatic imine (C=N–C) groups is 1. The van der Waals surface area contributed by atoms with Gasteiger partial charge in [-0.05, 0) is 55.2 Å². The Morgan fingerprint density at radius 2 is 1.79 bits per heavy atom. The number of hydrogen-bond acceptors (Lipinski definition) is 5. The van der Waals surface area contributed by atoms with Crippen molar-refractivity contribution >= 4 is 51.9 Å². The number of benzene rings is 2. The Morgan fingerprint density at radius 3 is 2.52 bits per heavy atom. The van der Waals surface area contributed by atoms with Gasteiger partial charge in [-0.2, -0.15) is 4.99 Å². The number of amidine groups is 1. The van der Waals surface area contributed by atoms with E-state index in [9.17, 15) is 14.4 Å². The van der Waals surface area contributed by atoms with Gasteiger partial charge in [-0.1, -0.05) is 41.6 Å². The van der Waals surface area contributed by atoms with Gasteiger partial charge in [0.05, 0.1) is 0 Å². The quantitative estimate of drug-likeness (QED) is 0.644. The second-order valence-corrected chi connectivity index (χ2v) is 9.57. The zero-order valence-corrected chi connectivity index (χ0v) is 19.6. The molecule has 0 bridgehead atoms. The zero-order valence-electron chi connectivity index (χ0n) is 18.1. The van der Waals surface area contributed by atoms with Gasteiger partial charge in [-0.25, -0.2) is 0 Å². The van der Waals surface area contributed by atoms with E-state index in [0.717, 1.165) is 36.7 Å². The molecule has 1 fully saturated rings. The minimum atomic E-state index is -0.489. The molecule has 1 saturated heterocycles. The van der Waals surface area contributed by atoms with Crippen LogP contribution >= 0.6 is 23.4 Å². The molecule has 2 aliphatic heterocycles. The molecule has 0 radical (unpaired) electrons. The molecule has 7 nitrogen and oxygen atoms in total. The molecule has 2 aromatic rings. The second-order valence-electron chi connectivity index (χ2n) is 7.99. The number of piperidine rings is 1. The largest absolute Gasteiger partial charge is 0.351 e. The summed E-state index contributed by atoms with van der Waals surface area (Å²) in [6.45, 7) is 2.15. The first-order valence-electron chi connectivity index (χ1n) is 11.0. The summed E-state index contributed by atoms with van der Waals surface area (Å²) < 4.78 is 0. The Hall–Kier alpha value is -2.84. The van der Waals surface area contributed by atoms with Crippen LogP contribution in [0.3, 0.4) is 0 Å². The summed E-state index contributed by atoms with van der Waals surface area (Å²) in [6.07, 6.45) is 3.47. The fourth-order valence-electron chi connectivity index (χ4n) is 3.73. The Kier molecular flexibility index (Phi) is 7.67. The number of nitrogens with zero attached hydrogens (tertiary/aromatic N) is 2. The molecular weight excluding hydrogens is 460 g/mol. The Labute approximate surface area is 202 Å². The van der Waals surface area contributed by atoms with Crippen LogP contribution in [-0.2, 0) is 16.1 Å². The van der Waals surface area contributed by atoms with Crippen molar-refractivity contribution in [2.75, 3.05) is 18.4 Å². The molecule has 2 aliphatic rings. The molecule has 0 aromatic heterocycles. The maximum atomic E-state index is 12.5. The maximum Gasteiger partial charge on any atom is 0.262 e.